The van der Waals surface area contributed by atoms with Crippen molar-refractivity contribution in [1.29, 1.82) is 0 Å². The van der Waals surface area contributed by atoms with Crippen LogP contribution in [0.4, 0.5) is 0 Å². The minimum atomic E-state index is 0.666. The predicted molar refractivity (Wildman–Crippen MR) is 122 cm³/mol. The van der Waals surface area contributed by atoms with Crippen LogP contribution in [0.25, 0.3) is 0 Å². The molecule has 1 aliphatic rings. The van der Waals surface area contributed by atoms with Gasteiger partial charge in [0.15, 0.2) is 5.96 Å². The van der Waals surface area contributed by atoms with Gasteiger partial charge in [0.2, 0.25) is 0 Å². The molecule has 1 fully saturated rings. The van der Waals surface area contributed by atoms with E-state index >= 15 is 0 Å². The summed E-state index contributed by atoms with van der Waals surface area (Å²) in [6, 6.07) is 17.3. The van der Waals surface area contributed by atoms with Crippen molar-refractivity contribution < 1.29 is 4.74 Å². The van der Waals surface area contributed by atoms with Crippen LogP contribution in [0.15, 0.2) is 58.4 Å². The zero-order chi connectivity index (χ0) is 20.3. The summed E-state index contributed by atoms with van der Waals surface area (Å²) in [6.45, 7) is 8.99. The first-order valence-electron chi connectivity index (χ1n) is 10.3. The van der Waals surface area contributed by atoms with E-state index in [0.717, 1.165) is 51.9 Å². The zero-order valence-corrected chi connectivity index (χ0v) is 18.3. The molecule has 0 unspecified atom stereocenters. The van der Waals surface area contributed by atoms with Crippen LogP contribution in [0.1, 0.15) is 23.6 Å². The first-order chi connectivity index (χ1) is 14.3. The van der Waals surface area contributed by atoms with Gasteiger partial charge >= 0.3 is 0 Å². The van der Waals surface area contributed by atoms with Crippen molar-refractivity contribution in [2.45, 2.75) is 31.5 Å². The van der Waals surface area contributed by atoms with E-state index < -0.39 is 0 Å². The second kappa shape index (κ2) is 11.9. The number of nitrogens with zero attached hydrogens (tertiary/aromatic N) is 2. The third-order valence-electron chi connectivity index (χ3n) is 4.99. The van der Waals surface area contributed by atoms with E-state index in [1.165, 1.54) is 21.6 Å². The van der Waals surface area contributed by atoms with Crippen molar-refractivity contribution in [3.05, 3.63) is 65.2 Å². The molecule has 6 heteroatoms. The largest absolute Gasteiger partial charge is 0.379 e. The molecule has 1 aliphatic heterocycles. The van der Waals surface area contributed by atoms with Crippen molar-refractivity contribution >= 4 is 17.7 Å². The SMILES string of the molecule is CCNC(=NCc1ccc(SC)cc1)NCc1ccccc1CN1CCOCC1. The molecule has 0 amide bonds. The molecule has 0 atom stereocenters. The number of ether oxygens (including phenoxy) is 1. The fourth-order valence-corrected chi connectivity index (χ4v) is 3.71. The number of hydrogen-bond donors (Lipinski definition) is 2. The summed E-state index contributed by atoms with van der Waals surface area (Å²) in [5, 5.41) is 6.85. The maximum absolute atomic E-state index is 5.47. The van der Waals surface area contributed by atoms with Crippen molar-refractivity contribution in [2.75, 3.05) is 39.1 Å². The Kier molecular flexibility index (Phi) is 8.86. The Hall–Kier alpha value is -2.02. The van der Waals surface area contributed by atoms with Crippen LogP contribution < -0.4 is 10.6 Å². The van der Waals surface area contributed by atoms with E-state index in [1.54, 1.807) is 11.8 Å². The highest BCUT2D eigenvalue weighted by Gasteiger charge is 2.12. The summed E-state index contributed by atoms with van der Waals surface area (Å²) in [4.78, 5) is 8.50. The molecular weight excluding hydrogens is 380 g/mol. The number of rotatable bonds is 8. The van der Waals surface area contributed by atoms with Crippen molar-refractivity contribution in [1.82, 2.24) is 15.5 Å². The lowest BCUT2D eigenvalue weighted by molar-refractivity contribution is 0.0341. The maximum Gasteiger partial charge on any atom is 0.191 e. The molecule has 3 rings (SSSR count). The number of hydrogen-bond acceptors (Lipinski definition) is 4. The number of nitrogens with one attached hydrogen (secondary N) is 2. The molecule has 29 heavy (non-hydrogen) atoms. The second-order valence-corrected chi connectivity index (χ2v) is 7.93. The Morgan fingerprint density at radius 1 is 1.03 bits per heavy atom. The molecule has 0 radical (unpaired) electrons. The molecule has 0 bridgehead atoms. The molecule has 5 nitrogen and oxygen atoms in total. The van der Waals surface area contributed by atoms with Crippen LogP contribution in [0.5, 0.6) is 0 Å². The van der Waals surface area contributed by atoms with Gasteiger partial charge in [0.25, 0.3) is 0 Å². The minimum absolute atomic E-state index is 0.666. The van der Waals surface area contributed by atoms with Crippen LogP contribution in [0.2, 0.25) is 0 Å². The fraction of sp³-hybridized carbons (Fsp3) is 0.435. The monoisotopic (exact) mass is 412 g/mol. The fourth-order valence-electron chi connectivity index (χ4n) is 3.31. The summed E-state index contributed by atoms with van der Waals surface area (Å²) in [5.41, 5.74) is 3.90. The summed E-state index contributed by atoms with van der Waals surface area (Å²) in [5.74, 6) is 0.850. The molecular formula is C23H32N4OS. The molecule has 0 spiro atoms. The van der Waals surface area contributed by atoms with E-state index in [9.17, 15) is 0 Å². The van der Waals surface area contributed by atoms with Gasteiger partial charge < -0.3 is 15.4 Å². The van der Waals surface area contributed by atoms with E-state index in [0.29, 0.717) is 6.54 Å². The Bertz CT molecular complexity index is 773. The lowest BCUT2D eigenvalue weighted by Crippen LogP contribution is -2.38. The van der Waals surface area contributed by atoms with Gasteiger partial charge in [-0.25, -0.2) is 4.99 Å². The predicted octanol–water partition coefficient (Wildman–Crippen LogP) is 3.50. The third-order valence-corrected chi connectivity index (χ3v) is 5.73. The van der Waals surface area contributed by atoms with Gasteiger partial charge in [-0.1, -0.05) is 36.4 Å². The summed E-state index contributed by atoms with van der Waals surface area (Å²) >= 11 is 1.76. The number of guanidine groups is 1. The molecule has 2 aromatic carbocycles. The van der Waals surface area contributed by atoms with E-state index in [4.69, 9.17) is 9.73 Å². The highest BCUT2D eigenvalue weighted by molar-refractivity contribution is 7.98. The maximum atomic E-state index is 5.47. The topological polar surface area (TPSA) is 48.9 Å². The molecule has 0 saturated carbocycles. The summed E-state index contributed by atoms with van der Waals surface area (Å²) in [7, 11) is 0. The van der Waals surface area contributed by atoms with E-state index in [1.807, 2.05) is 0 Å². The van der Waals surface area contributed by atoms with Gasteiger partial charge in [0.1, 0.15) is 0 Å². The minimum Gasteiger partial charge on any atom is -0.379 e. The van der Waals surface area contributed by atoms with Gasteiger partial charge in [-0.2, -0.15) is 0 Å². The average Bonchev–Trinajstić information content (AvgIpc) is 2.77. The Morgan fingerprint density at radius 2 is 1.76 bits per heavy atom. The molecule has 2 aromatic rings. The second-order valence-electron chi connectivity index (χ2n) is 7.05. The number of morpholine rings is 1. The lowest BCUT2D eigenvalue weighted by atomic mass is 10.1. The number of thioether (sulfide) groups is 1. The zero-order valence-electron chi connectivity index (χ0n) is 17.5. The lowest BCUT2D eigenvalue weighted by Gasteiger charge is -2.27. The van der Waals surface area contributed by atoms with Crippen LogP contribution in [-0.2, 0) is 24.4 Å². The molecule has 0 aromatic heterocycles. The normalized spacial score (nSPS) is 15.3. The van der Waals surface area contributed by atoms with Crippen LogP contribution in [0, 0.1) is 0 Å². The average molecular weight is 413 g/mol. The Balaban J connectivity index is 1.60. The van der Waals surface area contributed by atoms with Crippen LogP contribution in [-0.4, -0.2) is 50.0 Å². The smallest absolute Gasteiger partial charge is 0.191 e. The van der Waals surface area contributed by atoms with E-state index in [-0.39, 0.29) is 0 Å². The van der Waals surface area contributed by atoms with Gasteiger partial charge in [-0.15, -0.1) is 11.8 Å². The molecule has 156 valence electrons. The molecule has 2 N–H and O–H groups in total. The van der Waals surface area contributed by atoms with Crippen molar-refractivity contribution in [3.63, 3.8) is 0 Å². The van der Waals surface area contributed by atoms with Gasteiger partial charge in [-0.3, -0.25) is 4.90 Å². The van der Waals surface area contributed by atoms with Gasteiger partial charge in [0.05, 0.1) is 19.8 Å². The van der Waals surface area contributed by atoms with Gasteiger partial charge in [-0.05, 0) is 42.0 Å². The third kappa shape index (κ3) is 7.07. The van der Waals surface area contributed by atoms with Gasteiger partial charge in [0, 0.05) is 37.6 Å². The number of aliphatic imine (C=N–C) groups is 1. The first kappa shape index (κ1) is 21.7. The van der Waals surface area contributed by atoms with E-state index in [2.05, 4.69) is 77.2 Å². The van der Waals surface area contributed by atoms with Crippen molar-refractivity contribution in [2.24, 2.45) is 4.99 Å². The Labute approximate surface area is 178 Å². The quantitative estimate of drug-likeness (QED) is 0.395. The summed E-state index contributed by atoms with van der Waals surface area (Å²) < 4.78 is 5.47. The first-order valence-corrected chi connectivity index (χ1v) is 11.5. The highest BCUT2D eigenvalue weighted by atomic mass is 32.2. The summed E-state index contributed by atoms with van der Waals surface area (Å²) in [6.07, 6.45) is 2.09. The Morgan fingerprint density at radius 3 is 2.45 bits per heavy atom. The van der Waals surface area contributed by atoms with Crippen molar-refractivity contribution in [3.8, 4) is 0 Å². The number of benzene rings is 2. The molecule has 1 saturated heterocycles. The standard InChI is InChI=1S/C23H32N4OS/c1-3-24-23(25-16-19-8-10-22(29-2)11-9-19)26-17-20-6-4-5-7-21(20)18-27-12-14-28-15-13-27/h4-11H,3,12-18H2,1-2H3,(H2,24,25,26). The molecule has 0 aliphatic carbocycles. The molecule has 1 heterocycles. The van der Waals surface area contributed by atoms with Crippen LogP contribution >= 0.6 is 11.8 Å². The van der Waals surface area contributed by atoms with Crippen LogP contribution in [0.3, 0.4) is 0 Å². The highest BCUT2D eigenvalue weighted by Crippen LogP contribution is 2.15.